The van der Waals surface area contributed by atoms with Gasteiger partial charge >= 0.3 is 5.97 Å². The Morgan fingerprint density at radius 1 is 1.38 bits per heavy atom. The lowest BCUT2D eigenvalue weighted by Crippen LogP contribution is -2.43. The monoisotopic (exact) mass is 329 g/mol. The van der Waals surface area contributed by atoms with Crippen molar-refractivity contribution in [1.29, 1.82) is 0 Å². The van der Waals surface area contributed by atoms with Crippen LogP contribution in [0.1, 0.15) is 10.4 Å². The second-order valence-corrected chi connectivity index (χ2v) is 6.11. The molecule has 7 nitrogen and oxygen atoms in total. The Bertz CT molecular complexity index is 787. The topological polar surface area (TPSA) is 93.1 Å². The Morgan fingerprint density at radius 2 is 2.17 bits per heavy atom. The highest BCUT2D eigenvalue weighted by molar-refractivity contribution is 6.23. The predicted octanol–water partition coefficient (Wildman–Crippen LogP) is 0.278. The van der Waals surface area contributed by atoms with Crippen LogP contribution in [-0.4, -0.2) is 48.3 Å². The minimum Gasteiger partial charge on any atom is -0.465 e. The van der Waals surface area contributed by atoms with Gasteiger partial charge in [-0.3, -0.25) is 9.59 Å². The van der Waals surface area contributed by atoms with Crippen LogP contribution in [0.3, 0.4) is 0 Å². The van der Waals surface area contributed by atoms with Gasteiger partial charge in [-0.2, -0.15) is 0 Å². The van der Waals surface area contributed by atoms with E-state index in [4.69, 9.17) is 4.74 Å². The number of aliphatic hydroxyl groups is 1. The molecular formula is C17H15NO6. The normalized spacial score (nSPS) is 33.2. The predicted molar refractivity (Wildman–Crippen MR) is 81.1 cm³/mol. The molecule has 0 radical (unpaired) electrons. The van der Waals surface area contributed by atoms with Crippen molar-refractivity contribution in [3.63, 3.8) is 0 Å². The van der Waals surface area contributed by atoms with Crippen molar-refractivity contribution in [3.8, 4) is 0 Å². The fraction of sp³-hybridized carbons (Fsp3) is 0.353. The number of imide groups is 1. The number of anilines is 1. The summed E-state index contributed by atoms with van der Waals surface area (Å²) in [7, 11) is 1.26. The largest absolute Gasteiger partial charge is 0.465 e. The van der Waals surface area contributed by atoms with Crippen LogP contribution >= 0.6 is 0 Å². The molecule has 3 heterocycles. The summed E-state index contributed by atoms with van der Waals surface area (Å²) in [5.74, 6) is -2.74. The number of esters is 1. The Labute approximate surface area is 137 Å². The molecule has 2 fully saturated rings. The molecule has 0 aromatic heterocycles. The highest BCUT2D eigenvalue weighted by Gasteiger charge is 2.67. The molecule has 2 bridgehead atoms. The number of hydrogen-bond donors (Lipinski definition) is 1. The fourth-order valence-electron chi connectivity index (χ4n) is 3.83. The van der Waals surface area contributed by atoms with Gasteiger partial charge < -0.3 is 14.6 Å². The van der Waals surface area contributed by atoms with E-state index in [0.717, 1.165) is 4.90 Å². The summed E-state index contributed by atoms with van der Waals surface area (Å²) in [6.07, 6.45) is 2.88. The summed E-state index contributed by atoms with van der Waals surface area (Å²) < 4.78 is 10.3. The van der Waals surface area contributed by atoms with Gasteiger partial charge in [-0.1, -0.05) is 18.2 Å². The second kappa shape index (κ2) is 4.99. The average Bonchev–Trinajstić information content (AvgIpc) is 3.25. The van der Waals surface area contributed by atoms with Gasteiger partial charge in [-0.25, -0.2) is 9.69 Å². The first-order valence-corrected chi connectivity index (χ1v) is 7.56. The van der Waals surface area contributed by atoms with Gasteiger partial charge in [0.15, 0.2) is 0 Å². The summed E-state index contributed by atoms with van der Waals surface area (Å²) in [5.41, 5.74) is -0.562. The maximum atomic E-state index is 12.9. The van der Waals surface area contributed by atoms with Crippen molar-refractivity contribution in [2.45, 2.75) is 11.7 Å². The van der Waals surface area contributed by atoms with Crippen LogP contribution in [-0.2, 0) is 19.1 Å². The van der Waals surface area contributed by atoms with Gasteiger partial charge in [0.05, 0.1) is 42.9 Å². The summed E-state index contributed by atoms with van der Waals surface area (Å²) >= 11 is 0. The number of carbonyl (C=O) groups is 3. The van der Waals surface area contributed by atoms with E-state index in [-0.39, 0.29) is 18.1 Å². The molecule has 4 atom stereocenters. The minimum atomic E-state index is -1.13. The first-order valence-electron chi connectivity index (χ1n) is 7.56. The zero-order valence-corrected chi connectivity index (χ0v) is 12.8. The van der Waals surface area contributed by atoms with Crippen LogP contribution in [0.5, 0.6) is 0 Å². The molecule has 0 aliphatic carbocycles. The van der Waals surface area contributed by atoms with Gasteiger partial charge in [0.25, 0.3) is 0 Å². The quantitative estimate of drug-likeness (QED) is 0.486. The van der Waals surface area contributed by atoms with Gasteiger partial charge in [0.2, 0.25) is 11.8 Å². The molecule has 2 saturated heterocycles. The van der Waals surface area contributed by atoms with Crippen molar-refractivity contribution in [1.82, 2.24) is 0 Å². The molecular weight excluding hydrogens is 314 g/mol. The van der Waals surface area contributed by atoms with E-state index in [9.17, 15) is 19.5 Å². The maximum absolute atomic E-state index is 12.9. The molecule has 3 aliphatic rings. The molecule has 1 N–H and O–H groups in total. The van der Waals surface area contributed by atoms with E-state index in [1.165, 1.54) is 13.2 Å². The molecule has 7 heteroatoms. The van der Waals surface area contributed by atoms with Crippen molar-refractivity contribution < 1.29 is 29.0 Å². The molecule has 0 saturated carbocycles. The first-order chi connectivity index (χ1) is 11.5. The number of rotatable bonds is 3. The maximum Gasteiger partial charge on any atom is 0.337 e. The number of methoxy groups -OCH3 is 1. The molecule has 2 amide bonds. The summed E-state index contributed by atoms with van der Waals surface area (Å²) in [5, 5.41) is 9.68. The molecule has 0 spiro atoms. The Balaban J connectivity index is 1.73. The van der Waals surface area contributed by atoms with Gasteiger partial charge in [0, 0.05) is 0 Å². The molecule has 1 aromatic carbocycles. The van der Waals surface area contributed by atoms with Crippen LogP contribution in [0.15, 0.2) is 36.4 Å². The van der Waals surface area contributed by atoms with Gasteiger partial charge in [0.1, 0.15) is 5.60 Å². The number of ether oxygens (including phenoxy) is 2. The highest BCUT2D eigenvalue weighted by atomic mass is 16.5. The van der Waals surface area contributed by atoms with E-state index in [2.05, 4.69) is 4.74 Å². The van der Waals surface area contributed by atoms with Crippen LogP contribution in [0.25, 0.3) is 0 Å². The van der Waals surface area contributed by atoms with Gasteiger partial charge in [-0.05, 0) is 18.2 Å². The number of carbonyl (C=O) groups excluding carboxylic acids is 3. The van der Waals surface area contributed by atoms with E-state index >= 15 is 0 Å². The first kappa shape index (κ1) is 15.0. The Kier molecular flexibility index (Phi) is 3.13. The molecule has 0 unspecified atom stereocenters. The van der Waals surface area contributed by atoms with Crippen LogP contribution in [0, 0.1) is 11.8 Å². The van der Waals surface area contributed by atoms with Crippen LogP contribution in [0.2, 0.25) is 0 Å². The minimum absolute atomic E-state index is 0.252. The third-order valence-electron chi connectivity index (χ3n) is 4.93. The van der Waals surface area contributed by atoms with E-state index < -0.39 is 35.4 Å². The molecule has 1 aromatic rings. The lowest BCUT2D eigenvalue weighted by molar-refractivity contribution is -0.128. The van der Waals surface area contributed by atoms with Crippen LogP contribution in [0.4, 0.5) is 5.69 Å². The summed E-state index contributed by atoms with van der Waals surface area (Å²) in [4.78, 5) is 38.4. The summed E-state index contributed by atoms with van der Waals surface area (Å²) in [6, 6.07) is 6.17. The number of aliphatic hydroxyl groups excluding tert-OH is 1. The molecule has 124 valence electrons. The molecule has 4 rings (SSSR count). The third-order valence-corrected chi connectivity index (χ3v) is 4.93. The molecule has 3 aliphatic heterocycles. The standard InChI is InChI=1S/C17H15NO6/c1-23-16(22)9-3-2-4-10(7-9)18-14(20)12-11-5-6-17(8-19,24-11)13(12)15(18)21/h2-7,11-13,19H,8H2,1H3/t11-,12-,13-,17+/m0/s1. The lowest BCUT2D eigenvalue weighted by atomic mass is 9.77. The van der Waals surface area contributed by atoms with Crippen LogP contribution < -0.4 is 4.90 Å². The second-order valence-electron chi connectivity index (χ2n) is 6.11. The number of nitrogens with zero attached hydrogens (tertiary/aromatic N) is 1. The summed E-state index contributed by atoms with van der Waals surface area (Å²) in [6.45, 7) is -0.365. The number of benzene rings is 1. The van der Waals surface area contributed by atoms with E-state index in [1.54, 1.807) is 30.4 Å². The number of hydrogen-bond acceptors (Lipinski definition) is 6. The van der Waals surface area contributed by atoms with Crippen molar-refractivity contribution in [2.24, 2.45) is 11.8 Å². The SMILES string of the molecule is COC(=O)c1cccc(N2C(=O)[C@H]3[C@@H]4C=C[C@](CO)(O4)[C@@H]3C2=O)c1. The van der Waals surface area contributed by atoms with Gasteiger partial charge in [-0.15, -0.1) is 0 Å². The zero-order chi connectivity index (χ0) is 17.1. The van der Waals surface area contributed by atoms with Crippen molar-refractivity contribution >= 4 is 23.5 Å². The van der Waals surface area contributed by atoms with E-state index in [1.807, 2.05) is 0 Å². The third kappa shape index (κ3) is 1.76. The fourth-order valence-corrected chi connectivity index (χ4v) is 3.83. The zero-order valence-electron chi connectivity index (χ0n) is 12.8. The Hall–Kier alpha value is -2.51. The highest BCUT2D eigenvalue weighted by Crippen LogP contribution is 2.52. The van der Waals surface area contributed by atoms with Crippen molar-refractivity contribution in [2.75, 3.05) is 18.6 Å². The smallest absolute Gasteiger partial charge is 0.337 e. The Morgan fingerprint density at radius 3 is 2.88 bits per heavy atom. The molecule has 24 heavy (non-hydrogen) atoms. The average molecular weight is 329 g/mol. The van der Waals surface area contributed by atoms with E-state index in [0.29, 0.717) is 5.69 Å². The lowest BCUT2D eigenvalue weighted by Gasteiger charge is -2.26. The number of amides is 2. The number of fused-ring (bicyclic) bond motifs is 5. The van der Waals surface area contributed by atoms with Crippen molar-refractivity contribution in [3.05, 3.63) is 42.0 Å².